The van der Waals surface area contributed by atoms with Crippen molar-refractivity contribution >= 4 is 50.3 Å². The van der Waals surface area contributed by atoms with E-state index >= 15 is 0 Å². The first-order chi connectivity index (χ1) is 14.0. The fourth-order valence-electron chi connectivity index (χ4n) is 2.60. The lowest BCUT2D eigenvalue weighted by Crippen LogP contribution is -2.02. The molecule has 6 nitrogen and oxygen atoms in total. The Morgan fingerprint density at radius 3 is 2.62 bits per heavy atom. The minimum absolute atomic E-state index is 0.434. The summed E-state index contributed by atoms with van der Waals surface area (Å²) in [5.74, 6) is 2.07. The van der Waals surface area contributed by atoms with E-state index in [4.69, 9.17) is 21.7 Å². The fourth-order valence-corrected chi connectivity index (χ4v) is 3.63. The molecule has 0 aliphatic rings. The first-order valence-electron chi connectivity index (χ1n) is 9.06. The summed E-state index contributed by atoms with van der Waals surface area (Å²) in [6.45, 7) is 4.89. The topological polar surface area (TPSA) is 64.4 Å². The highest BCUT2D eigenvalue weighted by atomic mass is 79.9. The molecule has 3 rings (SSSR count). The predicted octanol–water partition coefficient (Wildman–Crippen LogP) is 5.89. The second kappa shape index (κ2) is 10.2. The van der Waals surface area contributed by atoms with E-state index in [0.717, 1.165) is 32.3 Å². The number of ether oxygens (including phenoxy) is 2. The van der Waals surface area contributed by atoms with Crippen LogP contribution in [0.5, 0.6) is 11.5 Å². The van der Waals surface area contributed by atoms with Crippen molar-refractivity contribution in [2.75, 3.05) is 6.61 Å². The number of halogens is 2. The van der Waals surface area contributed by atoms with Crippen molar-refractivity contribution in [3.05, 3.63) is 67.1 Å². The van der Waals surface area contributed by atoms with Crippen molar-refractivity contribution in [3.8, 4) is 11.5 Å². The Hall–Kier alpha value is -1.97. The Labute approximate surface area is 191 Å². The van der Waals surface area contributed by atoms with Gasteiger partial charge in [-0.2, -0.15) is 14.9 Å². The minimum atomic E-state index is 0.434. The number of aromatic amines is 1. The van der Waals surface area contributed by atoms with Gasteiger partial charge in [-0.15, -0.1) is 0 Å². The quantitative estimate of drug-likeness (QED) is 0.286. The molecule has 0 radical (unpaired) electrons. The van der Waals surface area contributed by atoms with Gasteiger partial charge in [-0.05, 0) is 70.5 Å². The van der Waals surface area contributed by atoms with E-state index in [9.17, 15) is 0 Å². The lowest BCUT2D eigenvalue weighted by Gasteiger charge is -2.14. The van der Waals surface area contributed by atoms with Gasteiger partial charge in [-0.3, -0.25) is 5.10 Å². The van der Waals surface area contributed by atoms with Crippen LogP contribution in [0.3, 0.4) is 0 Å². The number of aryl methyl sites for hydroxylation is 1. The third-order valence-corrected chi connectivity index (χ3v) is 5.37. The smallest absolute Gasteiger partial charge is 0.216 e. The number of nitrogens with zero attached hydrogens (tertiary/aromatic N) is 3. The van der Waals surface area contributed by atoms with Gasteiger partial charge in [0.2, 0.25) is 4.77 Å². The molecule has 0 bridgehead atoms. The number of hydrogen-bond donors (Lipinski definition) is 1. The third-order valence-electron chi connectivity index (χ3n) is 3.98. The first-order valence-corrected chi connectivity index (χ1v) is 11.1. The Morgan fingerprint density at radius 1 is 1.17 bits per heavy atom. The van der Waals surface area contributed by atoms with E-state index in [-0.39, 0.29) is 0 Å². The molecule has 0 unspecified atom stereocenters. The van der Waals surface area contributed by atoms with Crippen LogP contribution in [0.1, 0.15) is 30.8 Å². The maximum atomic E-state index is 6.04. The normalized spacial score (nSPS) is 11.2. The van der Waals surface area contributed by atoms with Crippen LogP contribution in [0.2, 0.25) is 0 Å². The molecule has 3 aromatic rings. The van der Waals surface area contributed by atoms with E-state index in [1.165, 1.54) is 0 Å². The van der Waals surface area contributed by atoms with Crippen LogP contribution in [0.15, 0.2) is 50.4 Å². The molecule has 0 aliphatic carbocycles. The average Bonchev–Trinajstić information content (AvgIpc) is 3.07. The maximum Gasteiger partial charge on any atom is 0.216 e. The van der Waals surface area contributed by atoms with Crippen molar-refractivity contribution in [2.45, 2.75) is 26.9 Å². The maximum absolute atomic E-state index is 6.04. The summed E-state index contributed by atoms with van der Waals surface area (Å²) in [5, 5.41) is 11.4. The number of aromatic nitrogens is 3. The molecule has 0 amide bonds. The summed E-state index contributed by atoms with van der Waals surface area (Å²) in [6.07, 6.45) is 2.44. The molecular weight excluding hydrogens is 520 g/mol. The molecule has 0 saturated heterocycles. The standard InChI is InChI=1S/C20H20Br2N4O2S/c1-3-18-24-25-20(29)26(18)23-11-14-9-16(22)19(17(10-14)27-4-2)28-12-13-5-7-15(21)8-6-13/h5-11H,3-4,12H2,1-2H3,(H,25,29)/b23-11-. The van der Waals surface area contributed by atoms with Crippen molar-refractivity contribution in [2.24, 2.45) is 5.10 Å². The Kier molecular flexibility index (Phi) is 7.63. The second-order valence-corrected chi connectivity index (χ2v) is 8.19. The fraction of sp³-hybridized carbons (Fsp3) is 0.250. The zero-order valence-electron chi connectivity index (χ0n) is 16.0. The molecule has 1 N–H and O–H groups in total. The summed E-state index contributed by atoms with van der Waals surface area (Å²) in [7, 11) is 0. The molecule has 0 spiro atoms. The second-order valence-electron chi connectivity index (χ2n) is 6.03. The highest BCUT2D eigenvalue weighted by molar-refractivity contribution is 9.10. The van der Waals surface area contributed by atoms with Crippen LogP contribution in [-0.2, 0) is 13.0 Å². The van der Waals surface area contributed by atoms with Crippen molar-refractivity contribution < 1.29 is 9.47 Å². The Balaban J connectivity index is 1.85. The number of benzene rings is 2. The molecule has 0 atom stereocenters. The van der Waals surface area contributed by atoms with E-state index in [2.05, 4.69) is 47.2 Å². The molecule has 29 heavy (non-hydrogen) atoms. The zero-order chi connectivity index (χ0) is 20.8. The number of H-pyrrole nitrogens is 1. The lowest BCUT2D eigenvalue weighted by atomic mass is 10.2. The van der Waals surface area contributed by atoms with Gasteiger partial charge in [0, 0.05) is 10.9 Å². The van der Waals surface area contributed by atoms with Crippen molar-refractivity contribution in [1.82, 2.24) is 14.9 Å². The van der Waals surface area contributed by atoms with Gasteiger partial charge in [-0.1, -0.05) is 35.0 Å². The highest BCUT2D eigenvalue weighted by Gasteiger charge is 2.12. The molecule has 0 aliphatic heterocycles. The molecule has 0 fully saturated rings. The summed E-state index contributed by atoms with van der Waals surface area (Å²) in [4.78, 5) is 0. The Morgan fingerprint density at radius 2 is 1.93 bits per heavy atom. The largest absolute Gasteiger partial charge is 0.490 e. The summed E-state index contributed by atoms with van der Waals surface area (Å²) in [6, 6.07) is 11.8. The molecular formula is C20H20Br2N4O2S. The summed E-state index contributed by atoms with van der Waals surface area (Å²) >= 11 is 12.3. The number of hydrogen-bond acceptors (Lipinski definition) is 5. The van der Waals surface area contributed by atoms with Crippen LogP contribution in [0.4, 0.5) is 0 Å². The average molecular weight is 540 g/mol. The van der Waals surface area contributed by atoms with Crippen LogP contribution in [-0.4, -0.2) is 27.7 Å². The minimum Gasteiger partial charge on any atom is -0.490 e. The van der Waals surface area contributed by atoms with Crippen molar-refractivity contribution in [3.63, 3.8) is 0 Å². The van der Waals surface area contributed by atoms with Gasteiger partial charge in [0.25, 0.3) is 0 Å². The molecule has 2 aromatic carbocycles. The van der Waals surface area contributed by atoms with Crippen LogP contribution in [0.25, 0.3) is 0 Å². The van der Waals surface area contributed by atoms with E-state index in [1.807, 2.05) is 50.2 Å². The van der Waals surface area contributed by atoms with Crippen LogP contribution < -0.4 is 9.47 Å². The third kappa shape index (κ3) is 5.55. The SMILES string of the molecule is CCOc1cc(/C=N\n2c(CC)n[nH]c2=S)cc(Br)c1OCc1ccc(Br)cc1. The molecule has 1 aromatic heterocycles. The number of nitrogens with one attached hydrogen (secondary N) is 1. The monoisotopic (exact) mass is 538 g/mol. The zero-order valence-corrected chi connectivity index (χ0v) is 20.0. The van der Waals surface area contributed by atoms with Crippen LogP contribution >= 0.6 is 44.1 Å². The molecule has 0 saturated carbocycles. The lowest BCUT2D eigenvalue weighted by molar-refractivity contribution is 0.267. The van der Waals surface area contributed by atoms with Gasteiger partial charge in [0.15, 0.2) is 17.3 Å². The first kappa shape index (κ1) is 21.7. The predicted molar refractivity (Wildman–Crippen MR) is 124 cm³/mol. The van der Waals surface area contributed by atoms with Gasteiger partial charge in [-0.25, -0.2) is 0 Å². The van der Waals surface area contributed by atoms with E-state index in [0.29, 0.717) is 29.5 Å². The van der Waals surface area contributed by atoms with Gasteiger partial charge in [0.1, 0.15) is 6.61 Å². The van der Waals surface area contributed by atoms with E-state index in [1.54, 1.807) is 10.9 Å². The van der Waals surface area contributed by atoms with E-state index < -0.39 is 0 Å². The van der Waals surface area contributed by atoms with Crippen LogP contribution in [0, 0.1) is 4.77 Å². The molecule has 1 heterocycles. The molecule has 152 valence electrons. The van der Waals surface area contributed by atoms with Gasteiger partial charge >= 0.3 is 0 Å². The highest BCUT2D eigenvalue weighted by Crippen LogP contribution is 2.37. The van der Waals surface area contributed by atoms with Gasteiger partial charge in [0.05, 0.1) is 17.3 Å². The summed E-state index contributed by atoms with van der Waals surface area (Å²) < 4.78 is 15.7. The van der Waals surface area contributed by atoms with Gasteiger partial charge < -0.3 is 9.47 Å². The Bertz CT molecular complexity index is 1060. The number of rotatable bonds is 8. The summed E-state index contributed by atoms with van der Waals surface area (Å²) in [5.41, 5.74) is 1.91. The van der Waals surface area contributed by atoms with Crippen molar-refractivity contribution in [1.29, 1.82) is 0 Å². The molecule has 9 heteroatoms.